The number of pyridine rings is 1. The number of nitrogens with zero attached hydrogens (tertiary/aromatic N) is 3. The van der Waals surface area contributed by atoms with Crippen molar-refractivity contribution in [1.82, 2.24) is 4.98 Å². The van der Waals surface area contributed by atoms with Gasteiger partial charge in [-0.15, -0.1) is 0 Å². The first-order valence-corrected chi connectivity index (χ1v) is 13.8. The maximum atomic E-state index is 6.52. The molecule has 7 heteroatoms. The van der Waals surface area contributed by atoms with Crippen LogP contribution in [0.25, 0.3) is 0 Å². The average Bonchev–Trinajstić information content (AvgIpc) is 2.80. The third kappa shape index (κ3) is 9.74. The van der Waals surface area contributed by atoms with Gasteiger partial charge in [-0.05, 0) is 71.9 Å². The van der Waals surface area contributed by atoms with Gasteiger partial charge in [0.15, 0.2) is 0 Å². The molecular weight excluding hydrogens is 596 g/mol. The zero-order valence-electron chi connectivity index (χ0n) is 25.4. The Balaban J connectivity index is 0.00000507. The Labute approximate surface area is 271 Å². The Hall–Kier alpha value is -1.62. The first-order valence-electron chi connectivity index (χ1n) is 13.4. The fraction of sp³-hybridized carbons (Fsp3) is 0.424. The molecule has 0 atom stereocenters. The van der Waals surface area contributed by atoms with Crippen molar-refractivity contribution in [3.63, 3.8) is 0 Å². The summed E-state index contributed by atoms with van der Waals surface area (Å²) in [5.41, 5.74) is 11.1. The Morgan fingerprint density at radius 3 is 1.10 bits per heavy atom. The molecule has 1 aromatic heterocycles. The van der Waals surface area contributed by atoms with Gasteiger partial charge in [-0.2, -0.15) is 0 Å². The molecular formula is C33H42Cl3N3V. The van der Waals surface area contributed by atoms with Gasteiger partial charge in [0.05, 0.1) is 35.2 Å². The molecule has 0 aliphatic heterocycles. The normalized spacial score (nSPS) is 11.5. The van der Waals surface area contributed by atoms with E-state index in [4.69, 9.17) is 26.6 Å². The van der Waals surface area contributed by atoms with E-state index in [0.29, 0.717) is 28.7 Å². The van der Waals surface area contributed by atoms with Crippen LogP contribution in [-0.4, -0.2) is 17.4 Å². The van der Waals surface area contributed by atoms with Gasteiger partial charge in [-0.3, -0.25) is 9.98 Å². The second kappa shape index (κ2) is 16.7. The molecule has 1 radical (unpaired) electrons. The minimum absolute atomic E-state index is 0. The van der Waals surface area contributed by atoms with E-state index >= 15 is 0 Å². The molecule has 0 aliphatic rings. The van der Waals surface area contributed by atoms with Crippen molar-refractivity contribution >= 4 is 35.4 Å². The van der Waals surface area contributed by atoms with Crippen molar-refractivity contribution in [3.8, 4) is 0 Å². The molecule has 0 amide bonds. The van der Waals surface area contributed by atoms with Crippen LogP contribution in [0.3, 0.4) is 0 Å². The van der Waals surface area contributed by atoms with Crippen molar-refractivity contribution in [2.75, 3.05) is 0 Å². The number of aryl methyl sites for hydroxylation is 2. The van der Waals surface area contributed by atoms with Crippen molar-refractivity contribution in [1.29, 1.82) is 0 Å². The van der Waals surface area contributed by atoms with Crippen LogP contribution in [0.4, 0.5) is 11.4 Å². The monoisotopic (exact) mass is 636 g/mol. The van der Waals surface area contributed by atoms with Crippen LogP contribution in [-0.2, 0) is 18.6 Å². The van der Waals surface area contributed by atoms with E-state index in [1.54, 1.807) is 0 Å². The van der Waals surface area contributed by atoms with Gasteiger partial charge in [-0.1, -0.05) is 102 Å². The third-order valence-corrected chi connectivity index (χ3v) is 6.81. The SMILES string of the molecule is Cc1cc(C(C)C)c(N=Cc2cc(Cl)cc(C=Nc3c(C(C)C)cc(C)cc3C(C)C)n2)c(C(C)C)c1.[Cl-].[Cl-].[V+2]. The van der Waals surface area contributed by atoms with Crippen molar-refractivity contribution in [2.45, 2.75) is 92.9 Å². The maximum Gasteiger partial charge on any atom is 2.00 e. The van der Waals surface area contributed by atoms with Gasteiger partial charge in [0.2, 0.25) is 0 Å². The smallest absolute Gasteiger partial charge is 1.00 e. The maximum absolute atomic E-state index is 6.52. The first kappa shape index (κ1) is 38.4. The van der Waals surface area contributed by atoms with Gasteiger partial charge < -0.3 is 24.8 Å². The Morgan fingerprint density at radius 1 is 0.575 bits per heavy atom. The Bertz CT molecular complexity index is 1170. The summed E-state index contributed by atoms with van der Waals surface area (Å²) in [6.45, 7) is 22.0. The van der Waals surface area contributed by atoms with Crippen molar-refractivity contribution in [3.05, 3.63) is 86.2 Å². The molecule has 3 aromatic rings. The van der Waals surface area contributed by atoms with Gasteiger partial charge in [0, 0.05) is 5.02 Å². The van der Waals surface area contributed by atoms with Crippen LogP contribution in [0, 0.1) is 13.8 Å². The fourth-order valence-electron chi connectivity index (χ4n) is 4.66. The fourth-order valence-corrected chi connectivity index (χ4v) is 4.88. The number of aliphatic imine (C=N–C) groups is 2. The summed E-state index contributed by atoms with van der Waals surface area (Å²) in [7, 11) is 0. The summed E-state index contributed by atoms with van der Waals surface area (Å²) in [6.07, 6.45) is 3.66. The molecule has 0 saturated carbocycles. The van der Waals surface area contributed by atoms with E-state index in [-0.39, 0.29) is 43.4 Å². The zero-order valence-corrected chi connectivity index (χ0v) is 29.0. The van der Waals surface area contributed by atoms with E-state index in [9.17, 15) is 0 Å². The largest absolute Gasteiger partial charge is 2.00 e. The quantitative estimate of drug-likeness (QED) is 0.339. The summed E-state index contributed by atoms with van der Waals surface area (Å²) in [6, 6.07) is 12.7. The number of halogens is 3. The van der Waals surface area contributed by atoms with Crippen LogP contribution in [0.1, 0.15) is 124 Å². The molecule has 0 unspecified atom stereocenters. The summed E-state index contributed by atoms with van der Waals surface area (Å²) in [5.74, 6) is 1.50. The summed E-state index contributed by atoms with van der Waals surface area (Å²) in [5, 5.41) is 0.618. The molecule has 0 bridgehead atoms. The minimum Gasteiger partial charge on any atom is -1.00 e. The number of aromatic nitrogens is 1. The predicted molar refractivity (Wildman–Crippen MR) is 162 cm³/mol. The van der Waals surface area contributed by atoms with Crippen LogP contribution in [0.5, 0.6) is 0 Å². The zero-order chi connectivity index (χ0) is 27.4. The van der Waals surface area contributed by atoms with E-state index in [2.05, 4.69) is 93.5 Å². The van der Waals surface area contributed by atoms with Crippen LogP contribution >= 0.6 is 11.6 Å². The van der Waals surface area contributed by atoms with Crippen molar-refractivity contribution in [2.24, 2.45) is 9.98 Å². The third-order valence-electron chi connectivity index (χ3n) is 6.60. The van der Waals surface area contributed by atoms with Crippen LogP contribution in [0.15, 0.2) is 46.4 Å². The molecule has 215 valence electrons. The van der Waals surface area contributed by atoms with E-state index in [1.165, 1.54) is 33.4 Å². The number of benzene rings is 2. The van der Waals surface area contributed by atoms with E-state index in [0.717, 1.165) is 22.8 Å². The standard InChI is InChI=1S/C33H42ClN3.2ClH.V/c1-19(2)28-11-23(9)12-29(20(3)4)32(28)35-17-26-15-25(34)16-27(37-26)18-36-33-30(21(5)6)13-24(10)14-31(33)22(7)8;;;/h11-22H,1-10H3;2*1H;/q;;;+2/p-2. The Morgan fingerprint density at radius 2 is 0.850 bits per heavy atom. The number of hydrogen-bond donors (Lipinski definition) is 0. The molecule has 3 nitrogen and oxygen atoms in total. The first-order chi connectivity index (χ1) is 17.4. The summed E-state index contributed by atoms with van der Waals surface area (Å²) >= 11 is 6.52. The van der Waals surface area contributed by atoms with Crippen molar-refractivity contribution < 1.29 is 43.4 Å². The molecule has 0 aliphatic carbocycles. The second-order valence-corrected chi connectivity index (χ2v) is 11.8. The summed E-state index contributed by atoms with van der Waals surface area (Å²) < 4.78 is 0. The molecule has 1 heterocycles. The molecule has 0 fully saturated rings. The molecule has 0 saturated heterocycles. The molecule has 40 heavy (non-hydrogen) atoms. The molecule has 3 rings (SSSR count). The van der Waals surface area contributed by atoms with E-state index in [1.807, 2.05) is 24.6 Å². The Kier molecular flexibility index (Phi) is 16.1. The average molecular weight is 638 g/mol. The molecule has 2 aromatic carbocycles. The number of rotatable bonds is 8. The molecule has 0 spiro atoms. The second-order valence-electron chi connectivity index (χ2n) is 11.4. The van der Waals surface area contributed by atoms with Gasteiger partial charge >= 0.3 is 18.6 Å². The van der Waals surface area contributed by atoms with E-state index < -0.39 is 0 Å². The van der Waals surface area contributed by atoms with Gasteiger partial charge in [-0.25, -0.2) is 4.98 Å². The van der Waals surface area contributed by atoms with Gasteiger partial charge in [0.25, 0.3) is 0 Å². The molecule has 0 N–H and O–H groups in total. The van der Waals surface area contributed by atoms with Crippen LogP contribution in [0.2, 0.25) is 5.02 Å². The summed E-state index contributed by atoms with van der Waals surface area (Å²) in [4.78, 5) is 14.7. The minimum atomic E-state index is 0. The topological polar surface area (TPSA) is 37.6 Å². The van der Waals surface area contributed by atoms with Crippen LogP contribution < -0.4 is 24.8 Å². The van der Waals surface area contributed by atoms with Gasteiger partial charge in [0.1, 0.15) is 0 Å². The predicted octanol–water partition coefficient (Wildman–Crippen LogP) is 4.35. The number of hydrogen-bond acceptors (Lipinski definition) is 3.